The number of hydrogen-bond acceptors (Lipinski definition) is 2. The molecule has 0 unspecified atom stereocenters. The monoisotopic (exact) mass is 368 g/mol. The average Bonchev–Trinajstić information content (AvgIpc) is 3.28. The van der Waals surface area contributed by atoms with Crippen LogP contribution in [0.15, 0.2) is 42.9 Å². The maximum Gasteiger partial charge on any atom is 0.170 e. The molecular weight excluding hydrogens is 340 g/mol. The molecule has 0 spiro atoms. The molecule has 2 atom stereocenters. The number of aromatic nitrogens is 2. The van der Waals surface area contributed by atoms with Gasteiger partial charge in [-0.25, -0.2) is 0 Å². The Morgan fingerprint density at radius 3 is 2.62 bits per heavy atom. The molecule has 4 nitrogen and oxygen atoms in total. The molecule has 1 aliphatic carbocycles. The molecule has 5 heteroatoms. The molecule has 0 radical (unpaired) electrons. The molecule has 1 saturated carbocycles. The van der Waals surface area contributed by atoms with Crippen molar-refractivity contribution >= 4 is 17.3 Å². The smallest absolute Gasteiger partial charge is 0.170 e. The third kappa shape index (κ3) is 3.25. The van der Waals surface area contributed by atoms with E-state index in [0.29, 0.717) is 12.1 Å². The fourth-order valence-electron chi connectivity index (χ4n) is 4.40. The highest BCUT2D eigenvalue weighted by atomic mass is 32.1. The highest BCUT2D eigenvalue weighted by Crippen LogP contribution is 2.42. The van der Waals surface area contributed by atoms with E-state index in [2.05, 4.69) is 64.2 Å². The van der Waals surface area contributed by atoms with Crippen LogP contribution in [0.5, 0.6) is 0 Å². The number of rotatable bonds is 4. The van der Waals surface area contributed by atoms with E-state index in [1.165, 1.54) is 37.7 Å². The van der Waals surface area contributed by atoms with Crippen molar-refractivity contribution in [2.75, 3.05) is 0 Å². The van der Waals surface area contributed by atoms with Gasteiger partial charge in [0.1, 0.15) is 0 Å². The minimum atomic E-state index is 0.105. The van der Waals surface area contributed by atoms with E-state index in [1.807, 2.05) is 12.3 Å². The Hall–Kier alpha value is -1.88. The first kappa shape index (κ1) is 17.5. The lowest BCUT2D eigenvalue weighted by molar-refractivity contribution is 0.197. The summed E-state index contributed by atoms with van der Waals surface area (Å²) in [6, 6.07) is 9.70. The Morgan fingerprint density at radius 2 is 1.96 bits per heavy atom. The Balaban J connectivity index is 1.73. The molecule has 1 N–H and O–H groups in total. The lowest BCUT2D eigenvalue weighted by atomic mass is 9.91. The standard InChI is InChI=1S/C21H28N4S/c1-15(2)24-13-11-16(14-24)20-19(18-10-6-7-12-22-18)23-21(26)25(20)17-8-4-3-5-9-17/h6-7,10-15,17,19-20H,3-5,8-9H2,1-2H3,(H,23,26)/t19-,20-/m0/s1. The summed E-state index contributed by atoms with van der Waals surface area (Å²) in [6.07, 6.45) is 12.8. The van der Waals surface area contributed by atoms with Gasteiger partial charge in [0, 0.05) is 30.7 Å². The lowest BCUT2D eigenvalue weighted by Gasteiger charge is -2.36. The Labute approximate surface area is 161 Å². The zero-order valence-electron chi connectivity index (χ0n) is 15.6. The highest BCUT2D eigenvalue weighted by molar-refractivity contribution is 7.80. The van der Waals surface area contributed by atoms with Crippen molar-refractivity contribution in [3.05, 3.63) is 54.1 Å². The van der Waals surface area contributed by atoms with Crippen LogP contribution in [0.1, 0.15) is 75.3 Å². The first-order valence-corrected chi connectivity index (χ1v) is 10.2. The minimum Gasteiger partial charge on any atom is -0.352 e. The average molecular weight is 369 g/mol. The predicted octanol–water partition coefficient (Wildman–Crippen LogP) is 4.77. The molecule has 26 heavy (non-hydrogen) atoms. The summed E-state index contributed by atoms with van der Waals surface area (Å²) in [7, 11) is 0. The zero-order valence-corrected chi connectivity index (χ0v) is 16.5. The summed E-state index contributed by atoms with van der Waals surface area (Å²) >= 11 is 5.81. The number of nitrogens with one attached hydrogen (secondary N) is 1. The molecule has 2 aromatic rings. The molecule has 1 aliphatic heterocycles. The number of nitrogens with zero attached hydrogens (tertiary/aromatic N) is 3. The summed E-state index contributed by atoms with van der Waals surface area (Å²) < 4.78 is 2.28. The largest absolute Gasteiger partial charge is 0.352 e. The Bertz CT molecular complexity index is 748. The van der Waals surface area contributed by atoms with Crippen LogP contribution in [0.25, 0.3) is 0 Å². The first-order chi connectivity index (χ1) is 12.6. The van der Waals surface area contributed by atoms with E-state index < -0.39 is 0 Å². The first-order valence-electron chi connectivity index (χ1n) is 9.82. The van der Waals surface area contributed by atoms with Gasteiger partial charge in [0.15, 0.2) is 5.11 Å². The summed E-state index contributed by atoms with van der Waals surface area (Å²) in [6.45, 7) is 4.44. The van der Waals surface area contributed by atoms with Gasteiger partial charge in [-0.3, -0.25) is 4.98 Å². The second-order valence-corrected chi connectivity index (χ2v) is 8.20. The second kappa shape index (κ2) is 7.39. The van der Waals surface area contributed by atoms with Gasteiger partial charge in [0.2, 0.25) is 0 Å². The maximum absolute atomic E-state index is 5.81. The fourth-order valence-corrected chi connectivity index (χ4v) is 4.79. The molecule has 0 bridgehead atoms. The van der Waals surface area contributed by atoms with Gasteiger partial charge in [0.05, 0.1) is 17.8 Å². The van der Waals surface area contributed by atoms with Crippen molar-refractivity contribution in [1.29, 1.82) is 0 Å². The van der Waals surface area contributed by atoms with Gasteiger partial charge in [0.25, 0.3) is 0 Å². The molecule has 3 heterocycles. The molecule has 0 amide bonds. The fraction of sp³-hybridized carbons (Fsp3) is 0.524. The molecular formula is C21H28N4S. The maximum atomic E-state index is 5.81. The summed E-state index contributed by atoms with van der Waals surface area (Å²) in [5.41, 5.74) is 2.39. The summed E-state index contributed by atoms with van der Waals surface area (Å²) in [4.78, 5) is 7.12. The number of hydrogen-bond donors (Lipinski definition) is 1. The van der Waals surface area contributed by atoms with Crippen molar-refractivity contribution in [2.45, 2.75) is 70.1 Å². The molecule has 2 fully saturated rings. The SMILES string of the molecule is CC(C)n1ccc([C@H]2[C@H](c3ccccn3)NC(=S)N2C2CCCCC2)c1. The molecule has 138 valence electrons. The third-order valence-electron chi connectivity index (χ3n) is 5.78. The normalized spacial score (nSPS) is 24.3. The van der Waals surface area contributed by atoms with E-state index in [4.69, 9.17) is 12.2 Å². The summed E-state index contributed by atoms with van der Waals surface area (Å²) in [5.74, 6) is 0. The zero-order chi connectivity index (χ0) is 18.1. The highest BCUT2D eigenvalue weighted by Gasteiger charge is 2.43. The van der Waals surface area contributed by atoms with Crippen LogP contribution in [0.4, 0.5) is 0 Å². The van der Waals surface area contributed by atoms with Crippen molar-refractivity contribution < 1.29 is 0 Å². The van der Waals surface area contributed by atoms with Gasteiger partial charge in [-0.2, -0.15) is 0 Å². The Kier molecular flexibility index (Phi) is 4.98. The Morgan fingerprint density at radius 1 is 1.15 bits per heavy atom. The minimum absolute atomic E-state index is 0.105. The predicted molar refractivity (Wildman–Crippen MR) is 109 cm³/mol. The van der Waals surface area contributed by atoms with Gasteiger partial charge < -0.3 is 14.8 Å². The van der Waals surface area contributed by atoms with Crippen LogP contribution in [0, 0.1) is 0 Å². The summed E-state index contributed by atoms with van der Waals surface area (Å²) in [5, 5.41) is 4.47. The van der Waals surface area contributed by atoms with Crippen LogP contribution >= 0.6 is 12.2 Å². The van der Waals surface area contributed by atoms with Crippen LogP contribution in [-0.4, -0.2) is 25.6 Å². The third-order valence-corrected chi connectivity index (χ3v) is 6.11. The van der Waals surface area contributed by atoms with Crippen LogP contribution < -0.4 is 5.32 Å². The van der Waals surface area contributed by atoms with Crippen LogP contribution in [-0.2, 0) is 0 Å². The quantitative estimate of drug-likeness (QED) is 0.788. The molecule has 1 saturated heterocycles. The van der Waals surface area contributed by atoms with Gasteiger partial charge >= 0.3 is 0 Å². The molecule has 0 aromatic carbocycles. The molecule has 2 aromatic heterocycles. The van der Waals surface area contributed by atoms with E-state index in [-0.39, 0.29) is 12.1 Å². The number of pyridine rings is 1. The van der Waals surface area contributed by atoms with Crippen molar-refractivity contribution in [3.8, 4) is 0 Å². The van der Waals surface area contributed by atoms with Crippen molar-refractivity contribution in [2.24, 2.45) is 0 Å². The molecule has 4 rings (SSSR count). The van der Waals surface area contributed by atoms with Gasteiger partial charge in [-0.15, -0.1) is 0 Å². The second-order valence-electron chi connectivity index (χ2n) is 7.81. The van der Waals surface area contributed by atoms with Crippen molar-refractivity contribution in [3.63, 3.8) is 0 Å². The number of thiocarbonyl (C=S) groups is 1. The topological polar surface area (TPSA) is 33.1 Å². The van der Waals surface area contributed by atoms with Gasteiger partial charge in [-0.1, -0.05) is 25.3 Å². The van der Waals surface area contributed by atoms with E-state index in [1.54, 1.807) is 0 Å². The van der Waals surface area contributed by atoms with E-state index in [9.17, 15) is 0 Å². The lowest BCUT2D eigenvalue weighted by Crippen LogP contribution is -2.40. The van der Waals surface area contributed by atoms with E-state index >= 15 is 0 Å². The van der Waals surface area contributed by atoms with Crippen LogP contribution in [0.2, 0.25) is 0 Å². The van der Waals surface area contributed by atoms with E-state index in [0.717, 1.165) is 10.8 Å². The van der Waals surface area contributed by atoms with Crippen LogP contribution in [0.3, 0.4) is 0 Å². The van der Waals surface area contributed by atoms with Gasteiger partial charge in [-0.05, 0) is 62.7 Å². The molecule has 2 aliphatic rings. The van der Waals surface area contributed by atoms with Crippen molar-refractivity contribution in [1.82, 2.24) is 19.8 Å².